The summed E-state index contributed by atoms with van der Waals surface area (Å²) in [5.41, 5.74) is 1.33. The minimum atomic E-state index is 0.175. The van der Waals surface area contributed by atoms with Crippen LogP contribution in [0.15, 0.2) is 30.6 Å². The molecule has 1 fully saturated rings. The second kappa shape index (κ2) is 3.95. The summed E-state index contributed by atoms with van der Waals surface area (Å²) in [6.07, 6.45) is 3.81. The first kappa shape index (κ1) is 11.3. The Morgan fingerprint density at radius 3 is 3.16 bits per heavy atom. The number of aromatic nitrogens is 2. The molecule has 0 bridgehead atoms. The van der Waals surface area contributed by atoms with Gasteiger partial charge in [0.2, 0.25) is 0 Å². The van der Waals surface area contributed by atoms with Gasteiger partial charge in [-0.1, -0.05) is 18.3 Å². The Kier molecular flexibility index (Phi) is 2.34. The Balaban J connectivity index is 1.66. The third kappa shape index (κ3) is 1.81. The van der Waals surface area contributed by atoms with Crippen LogP contribution in [-0.4, -0.2) is 29.2 Å². The number of ether oxygens (including phenoxy) is 2. The lowest BCUT2D eigenvalue weighted by atomic mass is 9.90. The van der Waals surface area contributed by atoms with Crippen LogP contribution in [-0.2, 0) is 4.74 Å². The maximum absolute atomic E-state index is 5.91. The number of benzene rings is 1. The number of thiazole rings is 1. The van der Waals surface area contributed by atoms with E-state index in [9.17, 15) is 0 Å². The lowest BCUT2D eigenvalue weighted by Gasteiger charge is -2.37. The van der Waals surface area contributed by atoms with E-state index in [1.165, 1.54) is 4.70 Å². The highest BCUT2D eigenvalue weighted by Crippen LogP contribution is 2.31. The molecule has 1 saturated heterocycles. The Morgan fingerprint density at radius 1 is 1.47 bits per heavy atom. The minimum absolute atomic E-state index is 0.175. The number of hydrogen-bond acceptors (Lipinski definition) is 4. The smallest absolute Gasteiger partial charge is 0.194 e. The van der Waals surface area contributed by atoms with Crippen molar-refractivity contribution in [3.63, 3.8) is 0 Å². The molecule has 0 saturated carbocycles. The first-order valence-corrected chi connectivity index (χ1v) is 7.11. The van der Waals surface area contributed by atoms with Crippen LogP contribution in [0.3, 0.4) is 0 Å². The van der Waals surface area contributed by atoms with E-state index < -0.39 is 0 Å². The van der Waals surface area contributed by atoms with Crippen molar-refractivity contribution in [2.75, 3.05) is 19.8 Å². The molecule has 2 aromatic heterocycles. The third-order valence-corrected chi connectivity index (χ3v) is 4.54. The van der Waals surface area contributed by atoms with Gasteiger partial charge in [0.1, 0.15) is 5.75 Å². The summed E-state index contributed by atoms with van der Waals surface area (Å²) in [4.78, 5) is 5.34. The summed E-state index contributed by atoms with van der Waals surface area (Å²) < 4.78 is 14.5. The molecular formula is C14H14N2O2S. The molecule has 0 radical (unpaired) electrons. The van der Waals surface area contributed by atoms with E-state index >= 15 is 0 Å². The zero-order valence-electron chi connectivity index (χ0n) is 10.6. The van der Waals surface area contributed by atoms with Crippen LogP contribution in [0.5, 0.6) is 5.75 Å². The van der Waals surface area contributed by atoms with Crippen LogP contribution < -0.4 is 4.74 Å². The van der Waals surface area contributed by atoms with E-state index in [2.05, 4.69) is 28.4 Å². The lowest BCUT2D eigenvalue weighted by molar-refractivity contribution is -0.120. The number of nitrogens with zero attached hydrogens (tertiary/aromatic N) is 2. The normalized spacial score (nSPS) is 17.7. The molecule has 3 heterocycles. The number of rotatable bonds is 3. The monoisotopic (exact) mass is 274 g/mol. The van der Waals surface area contributed by atoms with Gasteiger partial charge in [-0.15, -0.1) is 0 Å². The van der Waals surface area contributed by atoms with Crippen molar-refractivity contribution < 1.29 is 9.47 Å². The predicted molar refractivity (Wildman–Crippen MR) is 75.0 cm³/mol. The van der Waals surface area contributed by atoms with E-state index in [1.807, 2.05) is 18.5 Å². The Bertz CT molecular complexity index is 742. The van der Waals surface area contributed by atoms with Crippen molar-refractivity contribution in [2.24, 2.45) is 5.41 Å². The SMILES string of the molecule is CC1(COc2ccc3sc4nccn4c3c2)COC1. The predicted octanol–water partition coefficient (Wildman–Crippen LogP) is 2.96. The second-order valence-corrected chi connectivity index (χ2v) is 6.41. The summed E-state index contributed by atoms with van der Waals surface area (Å²) >= 11 is 1.69. The Labute approximate surface area is 114 Å². The maximum Gasteiger partial charge on any atom is 0.194 e. The first-order chi connectivity index (χ1) is 9.23. The van der Waals surface area contributed by atoms with Gasteiger partial charge in [0.05, 0.1) is 30.0 Å². The quantitative estimate of drug-likeness (QED) is 0.736. The van der Waals surface area contributed by atoms with Crippen LogP contribution in [0.4, 0.5) is 0 Å². The summed E-state index contributed by atoms with van der Waals surface area (Å²) in [7, 11) is 0. The summed E-state index contributed by atoms with van der Waals surface area (Å²) in [5, 5.41) is 0. The Hall–Kier alpha value is -1.59. The van der Waals surface area contributed by atoms with Gasteiger partial charge in [0, 0.05) is 23.9 Å². The van der Waals surface area contributed by atoms with Crippen LogP contribution in [0.25, 0.3) is 15.2 Å². The fourth-order valence-corrected chi connectivity index (χ4v) is 3.27. The van der Waals surface area contributed by atoms with Crippen LogP contribution in [0.2, 0.25) is 0 Å². The fraction of sp³-hybridized carbons (Fsp3) is 0.357. The highest BCUT2D eigenvalue weighted by atomic mass is 32.1. The zero-order valence-corrected chi connectivity index (χ0v) is 11.4. The highest BCUT2D eigenvalue weighted by molar-refractivity contribution is 7.23. The van der Waals surface area contributed by atoms with E-state index in [4.69, 9.17) is 9.47 Å². The van der Waals surface area contributed by atoms with Gasteiger partial charge >= 0.3 is 0 Å². The van der Waals surface area contributed by atoms with E-state index in [0.717, 1.165) is 29.4 Å². The van der Waals surface area contributed by atoms with Gasteiger partial charge in [0.15, 0.2) is 4.96 Å². The molecular weight excluding hydrogens is 260 g/mol. The average Bonchev–Trinajstić information content (AvgIpc) is 2.94. The molecule has 1 aliphatic heterocycles. The molecule has 3 aromatic rings. The summed E-state index contributed by atoms with van der Waals surface area (Å²) in [5.74, 6) is 0.911. The second-order valence-electron chi connectivity index (χ2n) is 5.40. The molecule has 0 N–H and O–H groups in total. The van der Waals surface area contributed by atoms with Gasteiger partial charge in [-0.2, -0.15) is 0 Å². The van der Waals surface area contributed by atoms with Gasteiger partial charge in [0.25, 0.3) is 0 Å². The molecule has 0 amide bonds. The third-order valence-electron chi connectivity index (χ3n) is 3.49. The molecule has 98 valence electrons. The maximum atomic E-state index is 5.91. The van der Waals surface area contributed by atoms with Crippen molar-refractivity contribution in [1.29, 1.82) is 0 Å². The first-order valence-electron chi connectivity index (χ1n) is 6.30. The molecule has 4 nitrogen and oxygen atoms in total. The molecule has 0 aliphatic carbocycles. The van der Waals surface area contributed by atoms with Gasteiger partial charge in [-0.3, -0.25) is 4.40 Å². The molecule has 0 spiro atoms. The van der Waals surface area contributed by atoms with Crippen molar-refractivity contribution in [3.05, 3.63) is 30.6 Å². The molecule has 0 atom stereocenters. The lowest BCUT2D eigenvalue weighted by Crippen LogP contribution is -2.44. The Morgan fingerprint density at radius 2 is 2.37 bits per heavy atom. The molecule has 0 unspecified atom stereocenters. The summed E-state index contributed by atoms with van der Waals surface area (Å²) in [6, 6.07) is 6.22. The van der Waals surface area contributed by atoms with Gasteiger partial charge in [-0.25, -0.2) is 4.98 Å². The van der Waals surface area contributed by atoms with E-state index in [1.54, 1.807) is 11.3 Å². The van der Waals surface area contributed by atoms with Crippen molar-refractivity contribution in [2.45, 2.75) is 6.92 Å². The molecule has 5 heteroatoms. The van der Waals surface area contributed by atoms with Crippen molar-refractivity contribution in [3.8, 4) is 5.75 Å². The number of fused-ring (bicyclic) bond motifs is 3. The molecule has 1 aliphatic rings. The van der Waals surface area contributed by atoms with Crippen LogP contribution in [0.1, 0.15) is 6.92 Å². The van der Waals surface area contributed by atoms with Crippen molar-refractivity contribution in [1.82, 2.24) is 9.38 Å². The average molecular weight is 274 g/mol. The topological polar surface area (TPSA) is 35.8 Å². The largest absolute Gasteiger partial charge is 0.493 e. The zero-order chi connectivity index (χ0) is 12.9. The molecule has 19 heavy (non-hydrogen) atoms. The van der Waals surface area contributed by atoms with E-state index in [0.29, 0.717) is 6.61 Å². The molecule has 1 aromatic carbocycles. The molecule has 4 rings (SSSR count). The number of imidazole rings is 1. The fourth-order valence-electron chi connectivity index (χ4n) is 2.30. The highest BCUT2D eigenvalue weighted by Gasteiger charge is 2.34. The van der Waals surface area contributed by atoms with Crippen molar-refractivity contribution >= 4 is 26.5 Å². The standard InChI is InChI=1S/C14H14N2O2S/c1-14(7-17-8-14)9-18-10-2-3-12-11(6-10)16-5-4-15-13(16)19-12/h2-6H,7-9H2,1H3. The van der Waals surface area contributed by atoms with E-state index in [-0.39, 0.29) is 5.41 Å². The van der Waals surface area contributed by atoms with Gasteiger partial charge in [-0.05, 0) is 12.1 Å². The van der Waals surface area contributed by atoms with Gasteiger partial charge < -0.3 is 9.47 Å². The van der Waals surface area contributed by atoms with Crippen LogP contribution >= 0.6 is 11.3 Å². The van der Waals surface area contributed by atoms with Crippen LogP contribution in [0, 0.1) is 5.41 Å². The minimum Gasteiger partial charge on any atom is -0.493 e. The summed E-state index contributed by atoms with van der Waals surface area (Å²) in [6.45, 7) is 4.47. The number of hydrogen-bond donors (Lipinski definition) is 0.